The Morgan fingerprint density at radius 3 is 1.80 bits per heavy atom. The summed E-state index contributed by atoms with van der Waals surface area (Å²) in [5.41, 5.74) is 0.0762. The maximum absolute atomic E-state index is 12.3. The zero-order chi connectivity index (χ0) is 16.2. The van der Waals surface area contributed by atoms with Crippen LogP contribution in [0.3, 0.4) is 0 Å². The topological polar surface area (TPSA) is 34.1 Å². The summed E-state index contributed by atoms with van der Waals surface area (Å²) in [6.45, 7) is 16.0. The standard InChI is InChI=1S/C17H34O2S/c1-15(2,3)12-10-9-11-13-17(7,8)14-20(18,19)16(4,5)6/h10,12H,9,11,13-14H2,1-8H3/b12-10+. The van der Waals surface area contributed by atoms with Gasteiger partial charge in [-0.15, -0.1) is 0 Å². The van der Waals surface area contributed by atoms with Crippen molar-refractivity contribution in [2.45, 2.75) is 79.4 Å². The predicted molar refractivity (Wildman–Crippen MR) is 89.8 cm³/mol. The van der Waals surface area contributed by atoms with Gasteiger partial charge in [0.25, 0.3) is 0 Å². The van der Waals surface area contributed by atoms with Crippen molar-refractivity contribution in [3.8, 4) is 0 Å². The van der Waals surface area contributed by atoms with Crippen LogP contribution in [0.15, 0.2) is 12.2 Å². The molecule has 0 bridgehead atoms. The number of unbranched alkanes of at least 4 members (excludes halogenated alkanes) is 1. The molecule has 120 valence electrons. The molecule has 2 nitrogen and oxygen atoms in total. The van der Waals surface area contributed by atoms with Gasteiger partial charge in [0.05, 0.1) is 10.5 Å². The lowest BCUT2D eigenvalue weighted by Gasteiger charge is -2.29. The van der Waals surface area contributed by atoms with Gasteiger partial charge in [-0.05, 0) is 50.9 Å². The van der Waals surface area contributed by atoms with E-state index in [0.29, 0.717) is 0 Å². The minimum Gasteiger partial charge on any atom is -0.228 e. The average Bonchev–Trinajstić information content (AvgIpc) is 2.10. The molecule has 3 heteroatoms. The van der Waals surface area contributed by atoms with Gasteiger partial charge in [-0.25, -0.2) is 8.42 Å². The van der Waals surface area contributed by atoms with E-state index < -0.39 is 14.6 Å². The second kappa shape index (κ2) is 6.64. The molecule has 0 aromatic carbocycles. The zero-order valence-electron chi connectivity index (χ0n) is 14.7. The van der Waals surface area contributed by atoms with Crippen molar-refractivity contribution in [2.75, 3.05) is 5.75 Å². The van der Waals surface area contributed by atoms with Crippen LogP contribution in [-0.2, 0) is 9.84 Å². The molecule has 0 rings (SSSR count). The molecular formula is C17H34O2S. The van der Waals surface area contributed by atoms with Crippen LogP contribution in [0.25, 0.3) is 0 Å². The highest BCUT2D eigenvalue weighted by Gasteiger charge is 2.34. The van der Waals surface area contributed by atoms with E-state index in [-0.39, 0.29) is 16.6 Å². The van der Waals surface area contributed by atoms with Crippen LogP contribution in [0.4, 0.5) is 0 Å². The van der Waals surface area contributed by atoms with Gasteiger partial charge in [0.1, 0.15) is 0 Å². The van der Waals surface area contributed by atoms with Gasteiger partial charge in [0.2, 0.25) is 0 Å². The van der Waals surface area contributed by atoms with Gasteiger partial charge in [0.15, 0.2) is 9.84 Å². The maximum Gasteiger partial charge on any atom is 0.155 e. The first-order valence-electron chi connectivity index (χ1n) is 7.56. The minimum atomic E-state index is -3.04. The van der Waals surface area contributed by atoms with Gasteiger partial charge in [0, 0.05) is 0 Å². The Morgan fingerprint density at radius 1 is 0.900 bits per heavy atom. The van der Waals surface area contributed by atoms with Gasteiger partial charge in [-0.2, -0.15) is 0 Å². The SMILES string of the molecule is CC(C)(C)/C=C/CCCC(C)(C)CS(=O)(=O)C(C)(C)C. The van der Waals surface area contributed by atoms with Crippen LogP contribution in [0.5, 0.6) is 0 Å². The van der Waals surface area contributed by atoms with Crippen LogP contribution in [0, 0.1) is 10.8 Å². The van der Waals surface area contributed by atoms with Crippen LogP contribution in [0.2, 0.25) is 0 Å². The van der Waals surface area contributed by atoms with Crippen molar-refractivity contribution in [3.63, 3.8) is 0 Å². The maximum atomic E-state index is 12.3. The lowest BCUT2D eigenvalue weighted by atomic mass is 9.89. The van der Waals surface area contributed by atoms with Crippen molar-refractivity contribution in [3.05, 3.63) is 12.2 Å². The molecule has 0 fully saturated rings. The number of sulfone groups is 1. The van der Waals surface area contributed by atoms with Gasteiger partial charge < -0.3 is 0 Å². The second-order valence-electron chi connectivity index (χ2n) is 8.70. The van der Waals surface area contributed by atoms with Crippen LogP contribution in [-0.4, -0.2) is 18.9 Å². The van der Waals surface area contributed by atoms with E-state index in [1.165, 1.54) is 0 Å². The Balaban J connectivity index is 4.39. The van der Waals surface area contributed by atoms with E-state index in [9.17, 15) is 8.42 Å². The molecule has 0 aliphatic carbocycles. The van der Waals surface area contributed by atoms with Gasteiger partial charge >= 0.3 is 0 Å². The number of hydrogen-bond acceptors (Lipinski definition) is 2. The first kappa shape index (κ1) is 19.7. The first-order chi connectivity index (χ1) is 8.66. The lowest BCUT2D eigenvalue weighted by Crippen LogP contribution is -2.36. The number of hydrogen-bond donors (Lipinski definition) is 0. The summed E-state index contributed by atoms with van der Waals surface area (Å²) >= 11 is 0. The predicted octanol–water partition coefficient (Wildman–Crippen LogP) is 5.00. The fraction of sp³-hybridized carbons (Fsp3) is 0.882. The van der Waals surface area contributed by atoms with Gasteiger partial charge in [-0.3, -0.25) is 0 Å². The van der Waals surface area contributed by atoms with E-state index in [0.717, 1.165) is 19.3 Å². The summed E-state index contributed by atoms with van der Waals surface area (Å²) in [6, 6.07) is 0. The van der Waals surface area contributed by atoms with E-state index in [1.807, 2.05) is 0 Å². The largest absolute Gasteiger partial charge is 0.228 e. The molecule has 0 aliphatic heterocycles. The first-order valence-corrected chi connectivity index (χ1v) is 9.22. The quantitative estimate of drug-likeness (QED) is 0.511. The molecule has 0 aliphatic rings. The monoisotopic (exact) mass is 302 g/mol. The van der Waals surface area contributed by atoms with Crippen LogP contribution in [0.1, 0.15) is 74.7 Å². The molecule has 0 spiro atoms. The van der Waals surface area contributed by atoms with Crippen molar-refractivity contribution in [2.24, 2.45) is 10.8 Å². The van der Waals surface area contributed by atoms with E-state index in [1.54, 1.807) is 20.8 Å². The Kier molecular flexibility index (Phi) is 6.53. The second-order valence-corrected chi connectivity index (χ2v) is 11.4. The highest BCUT2D eigenvalue weighted by atomic mass is 32.2. The van der Waals surface area contributed by atoms with Crippen molar-refractivity contribution in [1.82, 2.24) is 0 Å². The smallest absolute Gasteiger partial charge is 0.155 e. The average molecular weight is 303 g/mol. The fourth-order valence-corrected chi connectivity index (χ4v) is 3.54. The summed E-state index contributed by atoms with van der Waals surface area (Å²) in [6.07, 6.45) is 7.45. The van der Waals surface area contributed by atoms with E-state index in [4.69, 9.17) is 0 Å². The Hall–Kier alpha value is -0.310. The minimum absolute atomic E-state index is 0.151. The summed E-state index contributed by atoms with van der Waals surface area (Å²) in [5, 5.41) is 0. The summed E-state index contributed by atoms with van der Waals surface area (Å²) < 4.78 is 23.9. The molecule has 0 unspecified atom stereocenters. The molecule has 0 radical (unpaired) electrons. The van der Waals surface area contributed by atoms with E-state index in [2.05, 4.69) is 46.8 Å². The van der Waals surface area contributed by atoms with Crippen molar-refractivity contribution in [1.29, 1.82) is 0 Å². The third-order valence-corrected chi connectivity index (χ3v) is 6.38. The third-order valence-electron chi connectivity index (χ3n) is 3.36. The summed E-state index contributed by atoms with van der Waals surface area (Å²) in [7, 11) is -3.04. The highest BCUT2D eigenvalue weighted by molar-refractivity contribution is 7.92. The molecular weight excluding hydrogens is 268 g/mol. The van der Waals surface area contributed by atoms with E-state index >= 15 is 0 Å². The van der Waals surface area contributed by atoms with Crippen LogP contribution < -0.4 is 0 Å². The molecule has 0 atom stereocenters. The zero-order valence-corrected chi connectivity index (χ0v) is 15.5. The Morgan fingerprint density at radius 2 is 1.40 bits per heavy atom. The Bertz CT molecular complexity index is 415. The molecule has 0 N–H and O–H groups in total. The van der Waals surface area contributed by atoms with Crippen molar-refractivity contribution >= 4 is 9.84 Å². The molecule has 0 aromatic heterocycles. The normalized spacial score (nSPS) is 15.0. The molecule has 0 heterocycles. The third kappa shape index (κ3) is 8.08. The number of rotatable bonds is 6. The molecule has 0 saturated heterocycles. The molecule has 0 saturated carbocycles. The number of allylic oxidation sites excluding steroid dienone is 2. The molecule has 0 amide bonds. The lowest BCUT2D eigenvalue weighted by molar-refractivity contribution is 0.364. The van der Waals surface area contributed by atoms with Crippen LogP contribution >= 0.6 is 0 Å². The molecule has 0 aromatic rings. The summed E-state index contributed by atoms with van der Waals surface area (Å²) in [5.74, 6) is 0.270. The van der Waals surface area contributed by atoms with Gasteiger partial charge in [-0.1, -0.05) is 46.8 Å². The highest BCUT2D eigenvalue weighted by Crippen LogP contribution is 2.30. The fourth-order valence-electron chi connectivity index (χ4n) is 1.94. The summed E-state index contributed by atoms with van der Waals surface area (Å²) in [4.78, 5) is 0. The van der Waals surface area contributed by atoms with Crippen molar-refractivity contribution < 1.29 is 8.42 Å². The molecule has 20 heavy (non-hydrogen) atoms. The Labute approximate surface area is 127 Å².